The Kier molecular flexibility index (Phi) is 12.3. The number of nitrogens with one attached hydrogen (secondary N) is 3. The van der Waals surface area contributed by atoms with Crippen LogP contribution in [-0.4, -0.2) is 70.6 Å². The van der Waals surface area contributed by atoms with Gasteiger partial charge in [0.25, 0.3) is 0 Å². The van der Waals surface area contributed by atoms with Crippen molar-refractivity contribution in [2.45, 2.75) is 70.6 Å². The predicted octanol–water partition coefficient (Wildman–Crippen LogP) is -1.87. The van der Waals surface area contributed by atoms with Crippen LogP contribution in [0.5, 0.6) is 0 Å². The number of carbonyl (C=O) groups is 5. The summed E-state index contributed by atoms with van der Waals surface area (Å²) in [5, 5.41) is 25.0. The topological polar surface area (TPSA) is 214 Å². The first-order valence-electron chi connectivity index (χ1n) is 9.72. The van der Waals surface area contributed by atoms with Crippen LogP contribution in [0.1, 0.15) is 46.5 Å². The largest absolute Gasteiger partial charge is 0.481 e. The van der Waals surface area contributed by atoms with Gasteiger partial charge < -0.3 is 37.6 Å². The van der Waals surface area contributed by atoms with E-state index in [-0.39, 0.29) is 12.3 Å². The fourth-order valence-electron chi connectivity index (χ4n) is 2.36. The first kappa shape index (κ1) is 27.3. The molecule has 0 radical (unpaired) electrons. The van der Waals surface area contributed by atoms with E-state index >= 15 is 0 Å². The molecule has 0 rings (SSSR count). The molecule has 12 nitrogen and oxygen atoms in total. The van der Waals surface area contributed by atoms with E-state index in [1.54, 1.807) is 13.8 Å². The quantitative estimate of drug-likeness (QED) is 0.153. The summed E-state index contributed by atoms with van der Waals surface area (Å²) in [6, 6.07) is -4.72. The number of rotatable bonds is 14. The second kappa shape index (κ2) is 13.5. The lowest BCUT2D eigenvalue weighted by Gasteiger charge is -2.24. The second-order valence-corrected chi connectivity index (χ2v) is 7.34. The zero-order valence-electron chi connectivity index (χ0n) is 17.5. The van der Waals surface area contributed by atoms with Gasteiger partial charge in [-0.15, -0.1) is 0 Å². The van der Waals surface area contributed by atoms with E-state index in [0.29, 0.717) is 19.4 Å². The maximum absolute atomic E-state index is 12.6. The van der Waals surface area contributed by atoms with Gasteiger partial charge in [-0.1, -0.05) is 13.8 Å². The maximum atomic E-state index is 12.6. The summed E-state index contributed by atoms with van der Waals surface area (Å²) in [5.41, 5.74) is 11.2. The standard InChI is InChI=1S/C18H33N5O7/c1-9(2)14(20)17(28)23-12(8-13(24)25)16(27)22-11(6-4-5-7-19)15(26)21-10(3)18(29)30/h9-12,14H,4-8,19-20H2,1-3H3,(H,21,26)(H,22,27)(H,23,28)(H,24,25)(H,29,30). The van der Waals surface area contributed by atoms with Gasteiger partial charge in [0.05, 0.1) is 12.5 Å². The Morgan fingerprint density at radius 1 is 0.833 bits per heavy atom. The molecule has 0 spiro atoms. The zero-order valence-corrected chi connectivity index (χ0v) is 17.5. The molecular weight excluding hydrogens is 398 g/mol. The molecule has 0 fully saturated rings. The molecule has 9 N–H and O–H groups in total. The van der Waals surface area contributed by atoms with Crippen molar-refractivity contribution in [1.82, 2.24) is 16.0 Å². The van der Waals surface area contributed by atoms with Crippen molar-refractivity contribution >= 4 is 29.7 Å². The fourth-order valence-corrected chi connectivity index (χ4v) is 2.36. The first-order valence-corrected chi connectivity index (χ1v) is 9.72. The normalized spacial score (nSPS) is 14.9. The molecule has 172 valence electrons. The van der Waals surface area contributed by atoms with E-state index in [0.717, 1.165) is 0 Å². The van der Waals surface area contributed by atoms with Crippen LogP contribution in [0, 0.1) is 5.92 Å². The molecular formula is C18H33N5O7. The molecule has 0 aromatic carbocycles. The second-order valence-electron chi connectivity index (χ2n) is 7.34. The monoisotopic (exact) mass is 431 g/mol. The predicted molar refractivity (Wildman–Crippen MR) is 107 cm³/mol. The minimum Gasteiger partial charge on any atom is -0.481 e. The maximum Gasteiger partial charge on any atom is 0.325 e. The lowest BCUT2D eigenvalue weighted by atomic mass is 10.0. The molecule has 0 aliphatic carbocycles. The molecule has 4 unspecified atom stereocenters. The average Bonchev–Trinajstić information content (AvgIpc) is 2.65. The molecule has 0 heterocycles. The minimum absolute atomic E-state index is 0.153. The molecule has 0 bridgehead atoms. The van der Waals surface area contributed by atoms with Gasteiger partial charge in [0, 0.05) is 0 Å². The van der Waals surface area contributed by atoms with Gasteiger partial charge in [0.1, 0.15) is 18.1 Å². The van der Waals surface area contributed by atoms with Crippen molar-refractivity contribution in [3.8, 4) is 0 Å². The molecule has 4 atom stereocenters. The summed E-state index contributed by atoms with van der Waals surface area (Å²) in [6.45, 7) is 5.01. The summed E-state index contributed by atoms with van der Waals surface area (Å²) >= 11 is 0. The number of nitrogens with two attached hydrogens (primary N) is 2. The van der Waals surface area contributed by atoms with Gasteiger partial charge in [0.2, 0.25) is 17.7 Å². The molecule has 0 saturated carbocycles. The highest BCUT2D eigenvalue weighted by Crippen LogP contribution is 2.05. The Balaban J connectivity index is 5.36. The van der Waals surface area contributed by atoms with Crippen LogP contribution in [0.3, 0.4) is 0 Å². The summed E-state index contributed by atoms with van der Waals surface area (Å²) in [5.74, 6) is -5.17. The molecule has 0 aromatic heterocycles. The summed E-state index contributed by atoms with van der Waals surface area (Å²) < 4.78 is 0. The summed E-state index contributed by atoms with van der Waals surface area (Å²) in [6.07, 6.45) is 0.461. The van der Waals surface area contributed by atoms with Crippen molar-refractivity contribution in [1.29, 1.82) is 0 Å². The van der Waals surface area contributed by atoms with Gasteiger partial charge in [-0.25, -0.2) is 0 Å². The molecule has 12 heteroatoms. The smallest absolute Gasteiger partial charge is 0.325 e. The zero-order chi connectivity index (χ0) is 23.4. The number of unbranched alkanes of at least 4 members (excludes halogenated alkanes) is 1. The number of carbonyl (C=O) groups excluding carboxylic acids is 3. The lowest BCUT2D eigenvalue weighted by molar-refractivity contribution is -0.143. The third-order valence-corrected chi connectivity index (χ3v) is 4.34. The Bertz CT molecular complexity index is 626. The number of aliphatic carboxylic acids is 2. The third kappa shape index (κ3) is 10.2. The number of amides is 3. The van der Waals surface area contributed by atoms with E-state index in [2.05, 4.69) is 16.0 Å². The Morgan fingerprint density at radius 3 is 1.83 bits per heavy atom. The van der Waals surface area contributed by atoms with Crippen LogP contribution in [0.2, 0.25) is 0 Å². The van der Waals surface area contributed by atoms with Crippen LogP contribution < -0.4 is 27.4 Å². The van der Waals surface area contributed by atoms with Crippen molar-refractivity contribution in [3.63, 3.8) is 0 Å². The van der Waals surface area contributed by atoms with Crippen LogP contribution in [0.25, 0.3) is 0 Å². The Hall–Kier alpha value is -2.73. The molecule has 0 aromatic rings. The summed E-state index contributed by atoms with van der Waals surface area (Å²) in [4.78, 5) is 59.3. The van der Waals surface area contributed by atoms with E-state index in [9.17, 15) is 24.0 Å². The van der Waals surface area contributed by atoms with E-state index < -0.39 is 60.2 Å². The van der Waals surface area contributed by atoms with E-state index in [1.807, 2.05) is 0 Å². The number of hydrogen-bond acceptors (Lipinski definition) is 7. The van der Waals surface area contributed by atoms with Gasteiger partial charge in [-0.05, 0) is 38.6 Å². The molecule has 0 aliphatic heterocycles. The number of carboxylic acids is 2. The molecule has 0 saturated heterocycles. The first-order chi connectivity index (χ1) is 13.9. The average molecular weight is 431 g/mol. The third-order valence-electron chi connectivity index (χ3n) is 4.34. The molecule has 3 amide bonds. The highest BCUT2D eigenvalue weighted by molar-refractivity contribution is 5.95. The van der Waals surface area contributed by atoms with Gasteiger partial charge in [-0.3, -0.25) is 24.0 Å². The van der Waals surface area contributed by atoms with Gasteiger partial charge in [-0.2, -0.15) is 0 Å². The van der Waals surface area contributed by atoms with Gasteiger partial charge >= 0.3 is 11.9 Å². The lowest BCUT2D eigenvalue weighted by Crippen LogP contribution is -2.57. The molecule has 30 heavy (non-hydrogen) atoms. The van der Waals surface area contributed by atoms with Crippen LogP contribution in [-0.2, 0) is 24.0 Å². The number of hydrogen-bond donors (Lipinski definition) is 7. The van der Waals surface area contributed by atoms with Crippen molar-refractivity contribution in [2.75, 3.05) is 6.54 Å². The Labute approximate surface area is 175 Å². The Morgan fingerprint density at radius 2 is 1.37 bits per heavy atom. The molecule has 0 aliphatic rings. The van der Waals surface area contributed by atoms with Crippen LogP contribution in [0.4, 0.5) is 0 Å². The van der Waals surface area contributed by atoms with E-state index in [1.165, 1.54) is 6.92 Å². The SMILES string of the molecule is CC(NC(=O)C(CCCCN)NC(=O)C(CC(=O)O)NC(=O)C(N)C(C)C)C(=O)O. The van der Waals surface area contributed by atoms with Gasteiger partial charge in [0.15, 0.2) is 0 Å². The van der Waals surface area contributed by atoms with Crippen molar-refractivity contribution < 1.29 is 34.2 Å². The fraction of sp³-hybridized carbons (Fsp3) is 0.722. The van der Waals surface area contributed by atoms with Crippen LogP contribution >= 0.6 is 0 Å². The highest BCUT2D eigenvalue weighted by atomic mass is 16.4. The van der Waals surface area contributed by atoms with Crippen molar-refractivity contribution in [3.05, 3.63) is 0 Å². The van der Waals surface area contributed by atoms with Crippen molar-refractivity contribution in [2.24, 2.45) is 17.4 Å². The minimum atomic E-state index is -1.46. The van der Waals surface area contributed by atoms with Crippen LogP contribution in [0.15, 0.2) is 0 Å². The van der Waals surface area contributed by atoms with E-state index in [4.69, 9.17) is 21.7 Å². The highest BCUT2D eigenvalue weighted by Gasteiger charge is 2.31. The summed E-state index contributed by atoms with van der Waals surface area (Å²) in [7, 11) is 0. The number of carboxylic acid groups (broad SMARTS) is 2.